The number of benzene rings is 1. The molecular formula is C25H35N. The molecule has 140 valence electrons. The highest BCUT2D eigenvalue weighted by Crippen LogP contribution is 2.35. The molecule has 1 heteroatoms. The lowest BCUT2D eigenvalue weighted by Gasteiger charge is -2.14. The van der Waals surface area contributed by atoms with Gasteiger partial charge in [-0.05, 0) is 66.5 Å². The summed E-state index contributed by atoms with van der Waals surface area (Å²) in [5.41, 5.74) is 10.5. The predicted molar refractivity (Wildman–Crippen MR) is 118 cm³/mol. The van der Waals surface area contributed by atoms with Gasteiger partial charge in [-0.25, -0.2) is 0 Å². The third-order valence-electron chi connectivity index (χ3n) is 5.02. The van der Waals surface area contributed by atoms with Gasteiger partial charge in [0.25, 0.3) is 0 Å². The maximum Gasteiger partial charge on any atom is -0.000701 e. The summed E-state index contributed by atoms with van der Waals surface area (Å²) in [6, 6.07) is 9.14. The van der Waals surface area contributed by atoms with E-state index in [0.29, 0.717) is 5.92 Å². The van der Waals surface area contributed by atoms with Gasteiger partial charge in [-0.15, -0.1) is 0 Å². The molecular weight excluding hydrogens is 314 g/mol. The fraction of sp³-hybridized carbons (Fsp3) is 0.360. The SMILES string of the molecule is C=CC(=C)/C=C(\C)C(=C)/C=C\C(C)c1cccc(C2CCCC2)c1.CN. The van der Waals surface area contributed by atoms with Gasteiger partial charge < -0.3 is 5.73 Å². The van der Waals surface area contributed by atoms with Crippen LogP contribution in [0.15, 0.2) is 85.0 Å². The standard InChI is InChI=1S/C24H30.CH5N/c1-6-18(2)16-21(5)19(3)14-15-20(4)23-12-9-13-24(17-23)22-10-7-8-11-22;1-2/h6,9,12-17,20,22H,1-3,7-8,10-11H2,4-5H3;2H2,1H3/b15-14-,21-16+;. The van der Waals surface area contributed by atoms with E-state index in [0.717, 1.165) is 22.6 Å². The Bertz CT molecular complexity index is 669. The Morgan fingerprint density at radius 2 is 1.85 bits per heavy atom. The molecule has 1 aliphatic rings. The molecule has 2 rings (SSSR count). The van der Waals surface area contributed by atoms with Crippen LogP contribution in [0.2, 0.25) is 0 Å². The molecule has 1 aromatic rings. The zero-order valence-corrected chi connectivity index (χ0v) is 16.8. The molecule has 0 heterocycles. The molecule has 1 nitrogen and oxygen atoms in total. The maximum absolute atomic E-state index is 4.50. The van der Waals surface area contributed by atoms with Crippen LogP contribution >= 0.6 is 0 Å². The van der Waals surface area contributed by atoms with Crippen molar-refractivity contribution < 1.29 is 0 Å². The Balaban J connectivity index is 0.00000163. The predicted octanol–water partition coefficient (Wildman–Crippen LogP) is 6.82. The minimum absolute atomic E-state index is 0.388. The van der Waals surface area contributed by atoms with Gasteiger partial charge in [0, 0.05) is 0 Å². The highest BCUT2D eigenvalue weighted by atomic mass is 14.4. The van der Waals surface area contributed by atoms with Gasteiger partial charge in [-0.1, -0.05) is 88.1 Å². The van der Waals surface area contributed by atoms with Crippen LogP contribution in [0.25, 0.3) is 0 Å². The van der Waals surface area contributed by atoms with Crippen molar-refractivity contribution in [3.05, 3.63) is 96.2 Å². The molecule has 0 radical (unpaired) electrons. The second-order valence-electron chi connectivity index (χ2n) is 6.93. The van der Waals surface area contributed by atoms with Gasteiger partial charge >= 0.3 is 0 Å². The maximum atomic E-state index is 4.50. The van der Waals surface area contributed by atoms with Crippen molar-refractivity contribution in [2.75, 3.05) is 7.05 Å². The van der Waals surface area contributed by atoms with Crippen molar-refractivity contribution >= 4 is 0 Å². The van der Waals surface area contributed by atoms with E-state index in [4.69, 9.17) is 0 Å². The Morgan fingerprint density at radius 3 is 2.46 bits per heavy atom. The summed E-state index contributed by atoms with van der Waals surface area (Å²) in [5, 5.41) is 0. The minimum Gasteiger partial charge on any atom is -0.333 e. The van der Waals surface area contributed by atoms with E-state index >= 15 is 0 Å². The van der Waals surface area contributed by atoms with E-state index in [9.17, 15) is 0 Å². The van der Waals surface area contributed by atoms with Crippen molar-refractivity contribution in [3.63, 3.8) is 0 Å². The molecule has 1 atom stereocenters. The fourth-order valence-electron chi connectivity index (χ4n) is 3.29. The van der Waals surface area contributed by atoms with Crippen molar-refractivity contribution in [1.82, 2.24) is 0 Å². The van der Waals surface area contributed by atoms with Crippen LogP contribution in [-0.2, 0) is 0 Å². The summed E-state index contributed by atoms with van der Waals surface area (Å²) in [4.78, 5) is 0. The third-order valence-corrected chi connectivity index (χ3v) is 5.02. The Labute approximate surface area is 160 Å². The van der Waals surface area contributed by atoms with E-state index in [1.54, 1.807) is 6.08 Å². The summed E-state index contributed by atoms with van der Waals surface area (Å²) < 4.78 is 0. The van der Waals surface area contributed by atoms with Crippen LogP contribution in [0, 0.1) is 0 Å². The molecule has 0 spiro atoms. The van der Waals surface area contributed by atoms with Crippen LogP contribution < -0.4 is 5.73 Å². The summed E-state index contributed by atoms with van der Waals surface area (Å²) in [5.74, 6) is 1.16. The van der Waals surface area contributed by atoms with E-state index in [1.165, 1.54) is 43.9 Å². The monoisotopic (exact) mass is 349 g/mol. The molecule has 1 aliphatic carbocycles. The number of nitrogens with two attached hydrogens (primary N) is 1. The lowest BCUT2D eigenvalue weighted by Crippen LogP contribution is -1.96. The van der Waals surface area contributed by atoms with Crippen molar-refractivity contribution in [1.29, 1.82) is 0 Å². The van der Waals surface area contributed by atoms with Gasteiger partial charge in [-0.3, -0.25) is 0 Å². The van der Waals surface area contributed by atoms with Gasteiger partial charge in [0.15, 0.2) is 0 Å². The number of rotatable bonds is 7. The van der Waals surface area contributed by atoms with E-state index in [-0.39, 0.29) is 0 Å². The first-order valence-corrected chi connectivity index (χ1v) is 9.56. The minimum atomic E-state index is 0.388. The van der Waals surface area contributed by atoms with Gasteiger partial charge in [0.05, 0.1) is 0 Å². The number of hydrogen-bond donors (Lipinski definition) is 1. The molecule has 0 aromatic heterocycles. The normalized spacial score (nSPS) is 16.1. The van der Waals surface area contributed by atoms with E-state index in [2.05, 4.69) is 75.7 Å². The van der Waals surface area contributed by atoms with Crippen LogP contribution in [0.1, 0.15) is 62.5 Å². The largest absolute Gasteiger partial charge is 0.333 e. The van der Waals surface area contributed by atoms with Crippen molar-refractivity contribution in [2.24, 2.45) is 5.73 Å². The highest BCUT2D eigenvalue weighted by molar-refractivity contribution is 5.43. The molecule has 1 saturated carbocycles. The summed E-state index contributed by atoms with van der Waals surface area (Å²) in [6.07, 6.45) is 13.6. The molecule has 26 heavy (non-hydrogen) atoms. The first-order valence-electron chi connectivity index (χ1n) is 9.56. The summed E-state index contributed by atoms with van der Waals surface area (Å²) in [6.45, 7) is 16.1. The summed E-state index contributed by atoms with van der Waals surface area (Å²) >= 11 is 0. The smallest absolute Gasteiger partial charge is 0.000701 e. The zero-order chi connectivity index (χ0) is 19.5. The van der Waals surface area contributed by atoms with Gasteiger partial charge in [0.2, 0.25) is 0 Å². The topological polar surface area (TPSA) is 26.0 Å². The van der Waals surface area contributed by atoms with Crippen LogP contribution in [0.4, 0.5) is 0 Å². The summed E-state index contributed by atoms with van der Waals surface area (Å²) in [7, 11) is 1.50. The van der Waals surface area contributed by atoms with Crippen LogP contribution in [-0.4, -0.2) is 7.05 Å². The third kappa shape index (κ3) is 6.65. The number of hydrogen-bond acceptors (Lipinski definition) is 1. The Morgan fingerprint density at radius 1 is 1.19 bits per heavy atom. The molecule has 0 aliphatic heterocycles. The Kier molecular flexibility index (Phi) is 9.69. The molecule has 1 unspecified atom stereocenters. The molecule has 0 bridgehead atoms. The number of allylic oxidation sites excluding steroid dienone is 7. The molecule has 1 aromatic carbocycles. The average molecular weight is 350 g/mol. The Hall–Kier alpha value is -2.12. The molecule has 1 fully saturated rings. The average Bonchev–Trinajstić information content (AvgIpc) is 3.22. The van der Waals surface area contributed by atoms with Gasteiger partial charge in [-0.2, -0.15) is 0 Å². The van der Waals surface area contributed by atoms with Crippen LogP contribution in [0.5, 0.6) is 0 Å². The first kappa shape index (κ1) is 21.9. The van der Waals surface area contributed by atoms with Gasteiger partial charge in [0.1, 0.15) is 0 Å². The highest BCUT2D eigenvalue weighted by Gasteiger charge is 2.17. The molecule has 0 amide bonds. The second-order valence-corrected chi connectivity index (χ2v) is 6.93. The lowest BCUT2D eigenvalue weighted by atomic mass is 9.91. The zero-order valence-electron chi connectivity index (χ0n) is 16.8. The van der Waals surface area contributed by atoms with Crippen molar-refractivity contribution in [3.8, 4) is 0 Å². The second kappa shape index (κ2) is 11.5. The fourth-order valence-corrected chi connectivity index (χ4v) is 3.29. The van der Waals surface area contributed by atoms with E-state index < -0.39 is 0 Å². The first-order chi connectivity index (χ1) is 12.5. The lowest BCUT2D eigenvalue weighted by molar-refractivity contribution is 0.721. The molecule has 2 N–H and O–H groups in total. The van der Waals surface area contributed by atoms with Crippen LogP contribution in [0.3, 0.4) is 0 Å². The van der Waals surface area contributed by atoms with Crippen molar-refractivity contribution in [2.45, 2.75) is 51.4 Å². The van der Waals surface area contributed by atoms with E-state index in [1.807, 2.05) is 6.08 Å². The quantitative estimate of drug-likeness (QED) is 0.537. The molecule has 0 saturated heterocycles.